The number of ether oxygens (including phenoxy) is 3. The summed E-state index contributed by atoms with van der Waals surface area (Å²) in [6.07, 6.45) is 21.4. The Morgan fingerprint density at radius 3 is 1.86 bits per heavy atom. The first-order valence-electron chi connectivity index (χ1n) is 14.1. The van der Waals surface area contributed by atoms with Crippen molar-refractivity contribution in [2.45, 2.75) is 122 Å². The second-order valence-corrected chi connectivity index (χ2v) is 9.64. The van der Waals surface area contributed by atoms with Crippen LogP contribution in [-0.4, -0.2) is 38.1 Å². The molecule has 0 fully saturated rings. The van der Waals surface area contributed by atoms with Crippen LogP contribution in [0.3, 0.4) is 0 Å². The molecular formula is C30H51NO4. The molecule has 1 N–H and O–H groups in total. The smallest absolute Gasteiger partial charge is 0.136 e. The first-order chi connectivity index (χ1) is 17.2. The van der Waals surface area contributed by atoms with Crippen molar-refractivity contribution < 1.29 is 19.3 Å². The third-order valence-electron chi connectivity index (χ3n) is 6.52. The summed E-state index contributed by atoms with van der Waals surface area (Å²) in [5.41, 5.74) is 1.40. The quantitative estimate of drug-likeness (QED) is 0.150. The molecule has 0 heterocycles. The first kappa shape index (κ1) is 31.4. The van der Waals surface area contributed by atoms with Gasteiger partial charge in [0.1, 0.15) is 17.9 Å². The second kappa shape index (κ2) is 22.8. The van der Waals surface area contributed by atoms with Crippen LogP contribution >= 0.6 is 0 Å². The molecule has 0 radical (unpaired) electrons. The van der Waals surface area contributed by atoms with Gasteiger partial charge in [0.25, 0.3) is 0 Å². The number of hydrogen-bond donors (Lipinski definition) is 1. The first-order valence-corrected chi connectivity index (χ1v) is 14.1. The van der Waals surface area contributed by atoms with Crippen molar-refractivity contribution in [3.8, 4) is 11.8 Å². The summed E-state index contributed by atoms with van der Waals surface area (Å²) in [5.74, 6) is 0.536. The lowest BCUT2D eigenvalue weighted by atomic mass is 10.0. The maximum absolute atomic E-state index is 9.56. The Balaban J connectivity index is 1.92. The zero-order chi connectivity index (χ0) is 25.4. The Labute approximate surface area is 215 Å². The van der Waals surface area contributed by atoms with Crippen LogP contribution in [0.1, 0.15) is 121 Å². The normalized spacial score (nSPS) is 11.9. The summed E-state index contributed by atoms with van der Waals surface area (Å²) < 4.78 is 16.7. The molecule has 5 heteroatoms. The zero-order valence-electron chi connectivity index (χ0n) is 22.6. The Morgan fingerprint density at radius 2 is 1.37 bits per heavy atom. The van der Waals surface area contributed by atoms with E-state index >= 15 is 0 Å². The fraction of sp³-hybridized carbons (Fsp3) is 0.767. The van der Waals surface area contributed by atoms with Crippen molar-refractivity contribution >= 4 is 0 Å². The fourth-order valence-electron chi connectivity index (χ4n) is 4.25. The maximum atomic E-state index is 9.56. The zero-order valence-corrected chi connectivity index (χ0v) is 22.6. The van der Waals surface area contributed by atoms with Crippen LogP contribution in [0.25, 0.3) is 0 Å². The van der Waals surface area contributed by atoms with Gasteiger partial charge in [-0.1, -0.05) is 109 Å². The molecule has 0 amide bonds. The molecule has 0 aromatic heterocycles. The fourth-order valence-corrected chi connectivity index (χ4v) is 4.25. The number of unbranched alkanes of at least 4 members (excludes halogenated alkanes) is 15. The lowest BCUT2D eigenvalue weighted by molar-refractivity contribution is -0.0502. The molecule has 0 unspecified atom stereocenters. The van der Waals surface area contributed by atoms with Gasteiger partial charge in [-0.2, -0.15) is 5.26 Å². The molecule has 0 saturated carbocycles. The van der Waals surface area contributed by atoms with Crippen LogP contribution in [0.5, 0.6) is 5.75 Å². The Morgan fingerprint density at radius 1 is 0.829 bits per heavy atom. The number of nitriles is 1. The number of rotatable bonds is 24. The summed E-state index contributed by atoms with van der Waals surface area (Å²) in [4.78, 5) is 0. The van der Waals surface area contributed by atoms with Crippen LogP contribution in [0.4, 0.5) is 0 Å². The van der Waals surface area contributed by atoms with Gasteiger partial charge in [0.15, 0.2) is 0 Å². The molecule has 5 nitrogen and oxygen atoms in total. The number of aliphatic hydroxyl groups is 1. The van der Waals surface area contributed by atoms with Gasteiger partial charge in [0.05, 0.1) is 32.5 Å². The summed E-state index contributed by atoms with van der Waals surface area (Å²) >= 11 is 0. The number of methoxy groups -OCH3 is 1. The highest BCUT2D eigenvalue weighted by atomic mass is 16.5. The van der Waals surface area contributed by atoms with Gasteiger partial charge in [0, 0.05) is 6.61 Å². The van der Waals surface area contributed by atoms with Gasteiger partial charge < -0.3 is 19.3 Å². The molecule has 0 saturated heterocycles. The molecule has 0 spiro atoms. The predicted molar refractivity (Wildman–Crippen MR) is 144 cm³/mol. The molecular weight excluding hydrogens is 438 g/mol. The average molecular weight is 490 g/mol. The van der Waals surface area contributed by atoms with Gasteiger partial charge in [-0.3, -0.25) is 0 Å². The van der Waals surface area contributed by atoms with Gasteiger partial charge in [-0.05, 0) is 24.1 Å². The summed E-state index contributed by atoms with van der Waals surface area (Å²) in [7, 11) is 1.55. The summed E-state index contributed by atoms with van der Waals surface area (Å²) in [6.45, 7) is 3.65. The Bertz CT molecular complexity index is 658. The van der Waals surface area contributed by atoms with Gasteiger partial charge in [-0.25, -0.2) is 0 Å². The highest BCUT2D eigenvalue weighted by Crippen LogP contribution is 2.20. The van der Waals surface area contributed by atoms with Gasteiger partial charge in [-0.15, -0.1) is 0 Å². The van der Waals surface area contributed by atoms with E-state index < -0.39 is 0 Å². The molecule has 1 atom stereocenters. The Kier molecular flexibility index (Phi) is 20.5. The lowest BCUT2D eigenvalue weighted by Gasteiger charge is -2.16. The maximum Gasteiger partial charge on any atom is 0.136 e. The Hall–Kier alpha value is -1.61. The highest BCUT2D eigenvalue weighted by Gasteiger charge is 2.10. The number of benzene rings is 1. The number of nitrogens with zero attached hydrogens (tertiary/aromatic N) is 1. The molecule has 1 rings (SSSR count). The molecule has 200 valence electrons. The highest BCUT2D eigenvalue weighted by molar-refractivity contribution is 5.45. The lowest BCUT2D eigenvalue weighted by Crippen LogP contribution is -2.24. The van der Waals surface area contributed by atoms with E-state index in [0.29, 0.717) is 31.1 Å². The van der Waals surface area contributed by atoms with Crippen LogP contribution in [-0.2, 0) is 16.1 Å². The van der Waals surface area contributed by atoms with E-state index in [1.807, 2.05) is 6.07 Å². The summed E-state index contributed by atoms with van der Waals surface area (Å²) in [5, 5.41) is 18.6. The van der Waals surface area contributed by atoms with Crippen molar-refractivity contribution in [2.24, 2.45) is 0 Å². The van der Waals surface area contributed by atoms with Gasteiger partial charge in [0.2, 0.25) is 0 Å². The third-order valence-corrected chi connectivity index (χ3v) is 6.52. The van der Waals surface area contributed by atoms with Crippen LogP contribution in [0.2, 0.25) is 0 Å². The van der Waals surface area contributed by atoms with Crippen molar-refractivity contribution in [1.29, 1.82) is 5.26 Å². The van der Waals surface area contributed by atoms with E-state index in [9.17, 15) is 5.11 Å². The van der Waals surface area contributed by atoms with E-state index in [4.69, 9.17) is 19.5 Å². The minimum Gasteiger partial charge on any atom is -0.495 e. The average Bonchev–Trinajstić information content (AvgIpc) is 2.89. The SMILES string of the molecule is CCCCCCCCCCCCCCCCCCOC[C@H](CO)OCc1ccc(C#N)c(OC)c1. The van der Waals surface area contributed by atoms with E-state index in [1.54, 1.807) is 19.2 Å². The van der Waals surface area contributed by atoms with E-state index in [-0.39, 0.29) is 12.7 Å². The molecule has 1 aromatic rings. The van der Waals surface area contributed by atoms with Crippen molar-refractivity contribution in [3.05, 3.63) is 29.3 Å². The molecule has 1 aromatic carbocycles. The minimum absolute atomic E-state index is 0.0770. The van der Waals surface area contributed by atoms with Crippen molar-refractivity contribution in [3.63, 3.8) is 0 Å². The monoisotopic (exact) mass is 489 g/mol. The van der Waals surface area contributed by atoms with E-state index in [0.717, 1.165) is 12.0 Å². The third kappa shape index (κ3) is 16.6. The molecule has 0 bridgehead atoms. The second-order valence-electron chi connectivity index (χ2n) is 9.64. The predicted octanol–water partition coefficient (Wildman–Crippen LogP) is 7.72. The molecule has 0 aliphatic rings. The topological polar surface area (TPSA) is 71.7 Å². The van der Waals surface area contributed by atoms with E-state index in [2.05, 4.69) is 13.0 Å². The molecule has 0 aliphatic heterocycles. The van der Waals surface area contributed by atoms with Crippen LogP contribution in [0.15, 0.2) is 18.2 Å². The standard InChI is InChI=1S/C30H51NO4/c1-3-4-5-6-7-8-9-10-11-12-13-14-15-16-17-18-21-34-26-29(24-32)35-25-27-19-20-28(23-31)30(22-27)33-2/h19-20,22,29,32H,3-18,21,24-26H2,1-2H3/t29-/m0/s1. The van der Waals surface area contributed by atoms with Crippen LogP contribution < -0.4 is 4.74 Å². The number of hydrogen-bond acceptors (Lipinski definition) is 5. The molecule has 35 heavy (non-hydrogen) atoms. The van der Waals surface area contributed by atoms with Crippen molar-refractivity contribution in [2.75, 3.05) is 26.9 Å². The van der Waals surface area contributed by atoms with Crippen LogP contribution in [0, 0.1) is 11.3 Å². The number of aliphatic hydroxyl groups excluding tert-OH is 1. The largest absolute Gasteiger partial charge is 0.495 e. The minimum atomic E-state index is -0.349. The van der Waals surface area contributed by atoms with Crippen molar-refractivity contribution in [1.82, 2.24) is 0 Å². The van der Waals surface area contributed by atoms with Gasteiger partial charge >= 0.3 is 0 Å². The van der Waals surface area contributed by atoms with E-state index in [1.165, 1.54) is 96.3 Å². The summed E-state index contributed by atoms with van der Waals surface area (Å²) in [6, 6.07) is 7.46. The molecule has 0 aliphatic carbocycles.